The van der Waals surface area contributed by atoms with Gasteiger partial charge in [-0.05, 0) is 65.6 Å². The summed E-state index contributed by atoms with van der Waals surface area (Å²) in [5.41, 5.74) is 1.70. The third-order valence-electron chi connectivity index (χ3n) is 3.00. The lowest BCUT2D eigenvalue weighted by atomic mass is 9.89. The fraction of sp³-hybridized carbons (Fsp3) is 0.846. The third kappa shape index (κ3) is 4.98. The summed E-state index contributed by atoms with van der Waals surface area (Å²) < 4.78 is 6.35. The Morgan fingerprint density at radius 1 is 1.27 bits per heavy atom. The standard InChI is InChI=1S/C13H26OSi/c1-12-8-6-10-13(2,11-7-9-12)14-15(3,4)5/h8H,6-7,9-11H2,1-5H3/b12-8-. The van der Waals surface area contributed by atoms with Gasteiger partial charge in [0.1, 0.15) is 0 Å². The van der Waals surface area contributed by atoms with Gasteiger partial charge >= 0.3 is 0 Å². The van der Waals surface area contributed by atoms with E-state index in [0.717, 1.165) is 0 Å². The fourth-order valence-electron chi connectivity index (χ4n) is 2.43. The normalized spacial score (nSPS) is 32.7. The van der Waals surface area contributed by atoms with E-state index >= 15 is 0 Å². The highest BCUT2D eigenvalue weighted by Crippen LogP contribution is 2.31. The van der Waals surface area contributed by atoms with Gasteiger partial charge in [0.05, 0.1) is 5.60 Å². The third-order valence-corrected chi connectivity index (χ3v) is 4.10. The molecule has 1 rings (SSSR count). The monoisotopic (exact) mass is 226 g/mol. The minimum absolute atomic E-state index is 0.141. The zero-order valence-electron chi connectivity index (χ0n) is 11.0. The number of hydrogen-bond donors (Lipinski definition) is 0. The summed E-state index contributed by atoms with van der Waals surface area (Å²) in [6, 6.07) is 0. The molecule has 2 heteroatoms. The second-order valence-electron chi connectivity index (χ2n) is 6.11. The number of allylic oxidation sites excluding steroid dienone is 2. The van der Waals surface area contributed by atoms with Crippen LogP contribution in [0.5, 0.6) is 0 Å². The molecule has 0 amide bonds. The van der Waals surface area contributed by atoms with Crippen LogP contribution in [0.25, 0.3) is 0 Å². The van der Waals surface area contributed by atoms with Crippen molar-refractivity contribution in [2.45, 2.75) is 71.2 Å². The minimum atomic E-state index is -1.39. The van der Waals surface area contributed by atoms with Crippen molar-refractivity contribution in [1.82, 2.24) is 0 Å². The van der Waals surface area contributed by atoms with E-state index in [1.54, 1.807) is 5.57 Å². The van der Waals surface area contributed by atoms with Crippen molar-refractivity contribution in [3.05, 3.63) is 11.6 Å². The Kier molecular flexibility index (Phi) is 4.18. The lowest BCUT2D eigenvalue weighted by Crippen LogP contribution is -2.40. The van der Waals surface area contributed by atoms with E-state index in [9.17, 15) is 0 Å². The van der Waals surface area contributed by atoms with E-state index in [1.807, 2.05) is 0 Å². The summed E-state index contributed by atoms with van der Waals surface area (Å²) in [5, 5.41) is 0. The van der Waals surface area contributed by atoms with Crippen LogP contribution < -0.4 is 0 Å². The summed E-state index contributed by atoms with van der Waals surface area (Å²) in [7, 11) is -1.39. The predicted molar refractivity (Wildman–Crippen MR) is 69.7 cm³/mol. The first kappa shape index (κ1) is 13.0. The van der Waals surface area contributed by atoms with Crippen molar-refractivity contribution in [1.29, 1.82) is 0 Å². The van der Waals surface area contributed by atoms with Gasteiger partial charge in [-0.1, -0.05) is 11.6 Å². The quantitative estimate of drug-likeness (QED) is 0.497. The molecular formula is C13H26OSi. The lowest BCUT2D eigenvalue weighted by molar-refractivity contribution is 0.0594. The summed E-state index contributed by atoms with van der Waals surface area (Å²) in [6.07, 6.45) is 8.53. The van der Waals surface area contributed by atoms with Gasteiger partial charge < -0.3 is 4.43 Å². The van der Waals surface area contributed by atoms with E-state index in [-0.39, 0.29) is 5.60 Å². The Morgan fingerprint density at radius 2 is 1.93 bits per heavy atom. The van der Waals surface area contributed by atoms with Gasteiger partial charge in [0.15, 0.2) is 8.32 Å². The van der Waals surface area contributed by atoms with E-state index in [4.69, 9.17) is 4.43 Å². The smallest absolute Gasteiger partial charge is 0.184 e. The molecule has 15 heavy (non-hydrogen) atoms. The molecule has 88 valence electrons. The van der Waals surface area contributed by atoms with Crippen molar-refractivity contribution in [2.75, 3.05) is 0 Å². The first-order chi connectivity index (χ1) is 6.81. The summed E-state index contributed by atoms with van der Waals surface area (Å²) >= 11 is 0. The van der Waals surface area contributed by atoms with Crippen LogP contribution in [0, 0.1) is 0 Å². The zero-order chi connectivity index (χ0) is 11.5. The Labute approximate surface area is 96.0 Å². The molecule has 1 aliphatic rings. The zero-order valence-corrected chi connectivity index (χ0v) is 12.0. The van der Waals surface area contributed by atoms with Crippen LogP contribution in [0.15, 0.2) is 11.6 Å². The SMILES string of the molecule is C/C1=C/CCC(C)(O[Si](C)(C)C)CCC1. The van der Waals surface area contributed by atoms with Crippen molar-refractivity contribution < 1.29 is 4.43 Å². The first-order valence-electron chi connectivity index (χ1n) is 6.17. The number of rotatable bonds is 2. The highest BCUT2D eigenvalue weighted by atomic mass is 28.4. The van der Waals surface area contributed by atoms with Crippen LogP contribution in [-0.4, -0.2) is 13.9 Å². The molecule has 0 aromatic heterocycles. The van der Waals surface area contributed by atoms with Gasteiger partial charge in [-0.25, -0.2) is 0 Å². The van der Waals surface area contributed by atoms with Crippen molar-refractivity contribution in [3.63, 3.8) is 0 Å². The van der Waals surface area contributed by atoms with Gasteiger partial charge in [0.25, 0.3) is 0 Å². The second-order valence-corrected chi connectivity index (χ2v) is 10.5. The van der Waals surface area contributed by atoms with Crippen LogP contribution in [0.3, 0.4) is 0 Å². The molecule has 0 N–H and O–H groups in total. The molecule has 0 spiro atoms. The minimum Gasteiger partial charge on any atom is -0.412 e. The molecule has 1 nitrogen and oxygen atoms in total. The molecule has 0 radical (unpaired) electrons. The van der Waals surface area contributed by atoms with E-state index in [1.165, 1.54) is 32.1 Å². The van der Waals surface area contributed by atoms with Crippen LogP contribution in [0.4, 0.5) is 0 Å². The Morgan fingerprint density at radius 3 is 2.53 bits per heavy atom. The average molecular weight is 226 g/mol. The number of hydrogen-bond acceptors (Lipinski definition) is 1. The second kappa shape index (κ2) is 4.83. The molecule has 0 aromatic carbocycles. The van der Waals surface area contributed by atoms with Crippen LogP contribution >= 0.6 is 0 Å². The van der Waals surface area contributed by atoms with Gasteiger partial charge in [-0.15, -0.1) is 0 Å². The summed E-state index contributed by atoms with van der Waals surface area (Å²) in [4.78, 5) is 0. The van der Waals surface area contributed by atoms with Gasteiger partial charge in [0, 0.05) is 0 Å². The maximum atomic E-state index is 6.35. The Bertz CT molecular complexity index is 239. The summed E-state index contributed by atoms with van der Waals surface area (Å²) in [5.74, 6) is 0. The lowest BCUT2D eigenvalue weighted by Gasteiger charge is -2.37. The van der Waals surface area contributed by atoms with Crippen molar-refractivity contribution in [3.8, 4) is 0 Å². The van der Waals surface area contributed by atoms with Crippen molar-refractivity contribution >= 4 is 8.32 Å². The highest BCUT2D eigenvalue weighted by Gasteiger charge is 2.31. The molecule has 0 heterocycles. The van der Waals surface area contributed by atoms with Crippen LogP contribution in [0.1, 0.15) is 46.0 Å². The topological polar surface area (TPSA) is 9.23 Å². The molecule has 1 aliphatic carbocycles. The van der Waals surface area contributed by atoms with Gasteiger partial charge in [-0.3, -0.25) is 0 Å². The molecule has 1 unspecified atom stereocenters. The predicted octanol–water partition coefficient (Wildman–Crippen LogP) is 4.51. The largest absolute Gasteiger partial charge is 0.412 e. The van der Waals surface area contributed by atoms with E-state index < -0.39 is 8.32 Å². The molecule has 0 saturated carbocycles. The van der Waals surface area contributed by atoms with E-state index in [0.29, 0.717) is 0 Å². The van der Waals surface area contributed by atoms with Crippen molar-refractivity contribution in [2.24, 2.45) is 0 Å². The Hall–Kier alpha value is -0.0831. The highest BCUT2D eigenvalue weighted by molar-refractivity contribution is 6.69. The summed E-state index contributed by atoms with van der Waals surface area (Å²) in [6.45, 7) is 11.4. The van der Waals surface area contributed by atoms with Gasteiger partial charge in [-0.2, -0.15) is 0 Å². The molecule has 0 bridgehead atoms. The first-order valence-corrected chi connectivity index (χ1v) is 9.57. The maximum Gasteiger partial charge on any atom is 0.184 e. The molecule has 0 aliphatic heterocycles. The Balaban J connectivity index is 2.61. The molecule has 0 aromatic rings. The van der Waals surface area contributed by atoms with Crippen LogP contribution in [0.2, 0.25) is 19.6 Å². The fourth-order valence-corrected chi connectivity index (χ4v) is 4.12. The van der Waals surface area contributed by atoms with E-state index in [2.05, 4.69) is 39.6 Å². The van der Waals surface area contributed by atoms with Gasteiger partial charge in [0.2, 0.25) is 0 Å². The molecule has 0 fully saturated rings. The molecule has 1 atom stereocenters. The molecular weight excluding hydrogens is 200 g/mol. The molecule has 0 saturated heterocycles. The van der Waals surface area contributed by atoms with Crippen LogP contribution in [-0.2, 0) is 4.43 Å². The average Bonchev–Trinajstić information content (AvgIpc) is 1.97. The maximum absolute atomic E-state index is 6.35.